The van der Waals surface area contributed by atoms with Crippen LogP contribution >= 0.6 is 0 Å². The third-order valence-electron chi connectivity index (χ3n) is 2.52. The first-order valence-corrected chi connectivity index (χ1v) is 5.24. The monoisotopic (exact) mass is 220 g/mol. The summed E-state index contributed by atoms with van der Waals surface area (Å²) in [7, 11) is 4.16. The van der Waals surface area contributed by atoms with Crippen molar-refractivity contribution in [2.24, 2.45) is 0 Å². The van der Waals surface area contributed by atoms with Crippen LogP contribution in [0.25, 0.3) is 0 Å². The molecule has 0 saturated carbocycles. The van der Waals surface area contributed by atoms with Gasteiger partial charge >= 0.3 is 5.97 Å². The highest BCUT2D eigenvalue weighted by atomic mass is 16.5. The second kappa shape index (κ2) is 5.47. The normalized spacial score (nSPS) is 10.9. The van der Waals surface area contributed by atoms with Gasteiger partial charge in [0.25, 0.3) is 0 Å². The molecule has 0 saturated heterocycles. The number of rotatable bonds is 5. The second-order valence-corrected chi connectivity index (χ2v) is 4.12. The van der Waals surface area contributed by atoms with Crippen molar-refractivity contribution < 1.29 is 9.53 Å². The van der Waals surface area contributed by atoms with Crippen LogP contribution in [-0.4, -0.2) is 33.2 Å². The number of quaternary nitrogens is 1. The molecule has 0 spiro atoms. The summed E-state index contributed by atoms with van der Waals surface area (Å²) < 4.78 is 5.66. The van der Waals surface area contributed by atoms with E-state index in [0.717, 1.165) is 6.54 Å². The quantitative estimate of drug-likeness (QED) is 0.431. The Morgan fingerprint density at radius 2 is 2.00 bits per heavy atom. The highest BCUT2D eigenvalue weighted by molar-refractivity contribution is 5.81. The molecule has 0 radical (unpaired) electrons. The molecule has 0 N–H and O–H groups in total. The van der Waals surface area contributed by atoms with Crippen LogP contribution in [-0.2, 0) is 9.53 Å². The predicted molar refractivity (Wildman–Crippen MR) is 66.1 cm³/mol. The van der Waals surface area contributed by atoms with Gasteiger partial charge in [-0.1, -0.05) is 24.8 Å². The van der Waals surface area contributed by atoms with Crippen LogP contribution in [0.4, 0.5) is 5.69 Å². The van der Waals surface area contributed by atoms with Crippen molar-refractivity contribution in [1.82, 2.24) is 4.48 Å². The highest BCUT2D eigenvalue weighted by Gasteiger charge is 2.18. The Labute approximate surface area is 96.5 Å². The minimum absolute atomic E-state index is 0.368. The van der Waals surface area contributed by atoms with Gasteiger partial charge in [0.1, 0.15) is 18.8 Å². The Morgan fingerprint density at radius 3 is 2.56 bits per heavy atom. The first kappa shape index (κ1) is 12.5. The Balaban J connectivity index is 2.52. The number of ether oxygens (including phenoxy) is 1. The van der Waals surface area contributed by atoms with E-state index in [0.29, 0.717) is 11.1 Å². The van der Waals surface area contributed by atoms with Crippen molar-refractivity contribution in [3.8, 4) is 0 Å². The molecule has 0 amide bonds. The summed E-state index contributed by atoms with van der Waals surface area (Å²) >= 11 is 0. The maximum absolute atomic E-state index is 10.9. The van der Waals surface area contributed by atoms with E-state index in [9.17, 15) is 4.79 Å². The standard InChI is InChI=1S/C13H18NO2/c1-4-13(15)16-11-10-14(2,3)12-8-6-5-7-9-12/h4-9H,1,10-11H2,2-3H3/q+1. The van der Waals surface area contributed by atoms with Gasteiger partial charge in [-0.2, -0.15) is 0 Å². The molecule has 86 valence electrons. The fourth-order valence-corrected chi connectivity index (χ4v) is 1.39. The fraction of sp³-hybridized carbons (Fsp3) is 0.308. The van der Waals surface area contributed by atoms with Crippen molar-refractivity contribution in [2.45, 2.75) is 0 Å². The smallest absolute Gasteiger partial charge is 0.330 e. The highest BCUT2D eigenvalue weighted by Crippen LogP contribution is 2.17. The summed E-state index contributed by atoms with van der Waals surface area (Å²) in [6, 6.07) is 10.1. The maximum atomic E-state index is 10.9. The zero-order valence-corrected chi connectivity index (χ0v) is 9.85. The number of carbonyl (C=O) groups is 1. The summed E-state index contributed by atoms with van der Waals surface area (Å²) in [6.07, 6.45) is 1.18. The van der Waals surface area contributed by atoms with Gasteiger partial charge in [-0.25, -0.2) is 4.79 Å². The van der Waals surface area contributed by atoms with E-state index >= 15 is 0 Å². The van der Waals surface area contributed by atoms with E-state index in [4.69, 9.17) is 4.74 Å². The van der Waals surface area contributed by atoms with Crippen LogP contribution in [0.2, 0.25) is 0 Å². The van der Waals surface area contributed by atoms with Gasteiger partial charge in [-0.05, 0) is 12.1 Å². The van der Waals surface area contributed by atoms with E-state index in [2.05, 4.69) is 32.8 Å². The van der Waals surface area contributed by atoms with Gasteiger partial charge in [-0.15, -0.1) is 0 Å². The molecule has 0 heterocycles. The van der Waals surface area contributed by atoms with Crippen LogP contribution in [0.15, 0.2) is 43.0 Å². The lowest BCUT2D eigenvalue weighted by Crippen LogP contribution is -2.43. The van der Waals surface area contributed by atoms with Gasteiger partial charge < -0.3 is 4.74 Å². The van der Waals surface area contributed by atoms with Crippen LogP contribution in [0.3, 0.4) is 0 Å². The van der Waals surface area contributed by atoms with Gasteiger partial charge in [0, 0.05) is 6.08 Å². The average molecular weight is 220 g/mol. The van der Waals surface area contributed by atoms with E-state index < -0.39 is 0 Å². The third kappa shape index (κ3) is 3.51. The van der Waals surface area contributed by atoms with Crippen molar-refractivity contribution in [3.63, 3.8) is 0 Å². The number of benzene rings is 1. The van der Waals surface area contributed by atoms with Gasteiger partial charge in [0.05, 0.1) is 14.1 Å². The number of hydrogen-bond acceptors (Lipinski definition) is 2. The van der Waals surface area contributed by atoms with Crippen molar-refractivity contribution >= 4 is 11.7 Å². The Hall–Kier alpha value is -1.61. The first-order chi connectivity index (χ1) is 7.56. The molecule has 3 nitrogen and oxygen atoms in total. The van der Waals surface area contributed by atoms with E-state index in [1.165, 1.54) is 11.8 Å². The Bertz CT molecular complexity index is 357. The van der Waals surface area contributed by atoms with Crippen LogP contribution < -0.4 is 4.48 Å². The zero-order valence-electron chi connectivity index (χ0n) is 9.85. The molecule has 1 rings (SSSR count). The molecule has 0 aliphatic carbocycles. The van der Waals surface area contributed by atoms with Crippen LogP contribution in [0, 0.1) is 0 Å². The topological polar surface area (TPSA) is 26.3 Å². The zero-order chi connectivity index (χ0) is 12.0. The molecule has 0 atom stereocenters. The number of likely N-dealkylation sites (N-methyl/N-ethyl adjacent to an activating group) is 1. The van der Waals surface area contributed by atoms with Crippen LogP contribution in [0.1, 0.15) is 0 Å². The fourth-order valence-electron chi connectivity index (χ4n) is 1.39. The molecule has 0 aliphatic heterocycles. The second-order valence-electron chi connectivity index (χ2n) is 4.12. The molecular weight excluding hydrogens is 202 g/mol. The lowest BCUT2D eigenvalue weighted by Gasteiger charge is -2.28. The van der Waals surface area contributed by atoms with Crippen LogP contribution in [0.5, 0.6) is 0 Å². The number of esters is 1. The van der Waals surface area contributed by atoms with E-state index in [1.807, 2.05) is 18.2 Å². The molecule has 0 unspecified atom stereocenters. The molecule has 1 aromatic carbocycles. The molecule has 0 fully saturated rings. The Kier molecular flexibility index (Phi) is 4.26. The van der Waals surface area contributed by atoms with Crippen molar-refractivity contribution in [3.05, 3.63) is 43.0 Å². The largest absolute Gasteiger partial charge is 0.457 e. The Morgan fingerprint density at radius 1 is 1.38 bits per heavy atom. The summed E-state index contributed by atoms with van der Waals surface area (Å²) in [6.45, 7) is 4.49. The molecule has 1 aromatic rings. The molecule has 16 heavy (non-hydrogen) atoms. The SMILES string of the molecule is C=CC(=O)OCC[N+](C)(C)c1ccccc1. The summed E-state index contributed by atoms with van der Waals surface area (Å²) in [5, 5.41) is 0. The lowest BCUT2D eigenvalue weighted by molar-refractivity contribution is -0.137. The molecule has 0 aromatic heterocycles. The average Bonchev–Trinajstić information content (AvgIpc) is 2.30. The minimum atomic E-state index is -0.368. The number of para-hydroxylation sites is 1. The minimum Gasteiger partial charge on any atom is -0.457 e. The molecule has 3 heteroatoms. The van der Waals surface area contributed by atoms with E-state index in [1.54, 1.807) is 0 Å². The van der Waals surface area contributed by atoms with E-state index in [-0.39, 0.29) is 5.97 Å². The maximum Gasteiger partial charge on any atom is 0.330 e. The first-order valence-electron chi connectivity index (χ1n) is 5.24. The lowest BCUT2D eigenvalue weighted by atomic mass is 10.2. The predicted octanol–water partition coefficient (Wildman–Crippen LogP) is 1.98. The number of carbonyl (C=O) groups excluding carboxylic acids is 1. The summed E-state index contributed by atoms with van der Waals surface area (Å²) in [5.41, 5.74) is 1.19. The van der Waals surface area contributed by atoms with Gasteiger partial charge in [0.15, 0.2) is 0 Å². The summed E-state index contributed by atoms with van der Waals surface area (Å²) in [5.74, 6) is -0.368. The third-order valence-corrected chi connectivity index (χ3v) is 2.52. The van der Waals surface area contributed by atoms with Gasteiger partial charge in [-0.3, -0.25) is 4.48 Å². The van der Waals surface area contributed by atoms with Gasteiger partial charge in [0.2, 0.25) is 0 Å². The van der Waals surface area contributed by atoms with Crippen molar-refractivity contribution in [1.29, 1.82) is 0 Å². The summed E-state index contributed by atoms with van der Waals surface area (Å²) in [4.78, 5) is 10.9. The molecule has 0 bridgehead atoms. The number of hydrogen-bond donors (Lipinski definition) is 0. The molecule has 0 aliphatic rings. The van der Waals surface area contributed by atoms with Crippen molar-refractivity contribution in [2.75, 3.05) is 27.2 Å². The molecular formula is C13H18NO2+. The number of nitrogens with zero attached hydrogens (tertiary/aromatic N) is 1.